The zero-order chi connectivity index (χ0) is 12.3. The van der Waals surface area contributed by atoms with Gasteiger partial charge in [-0.05, 0) is 30.2 Å². The SMILES string of the molecule is CCC1(COCc2cc(Br)cc(Br)c2)COC1. The van der Waals surface area contributed by atoms with Crippen molar-refractivity contribution in [2.45, 2.75) is 20.0 Å². The van der Waals surface area contributed by atoms with Gasteiger partial charge < -0.3 is 9.47 Å². The van der Waals surface area contributed by atoms with Crippen LogP contribution in [0.15, 0.2) is 27.1 Å². The number of hydrogen-bond acceptors (Lipinski definition) is 2. The van der Waals surface area contributed by atoms with Crippen molar-refractivity contribution in [3.63, 3.8) is 0 Å². The predicted octanol–water partition coefficient (Wildman–Crippen LogP) is 4.15. The van der Waals surface area contributed by atoms with Gasteiger partial charge in [0.25, 0.3) is 0 Å². The average Bonchev–Trinajstić information content (AvgIpc) is 2.20. The molecule has 0 amide bonds. The molecule has 1 aliphatic heterocycles. The van der Waals surface area contributed by atoms with E-state index in [-0.39, 0.29) is 5.41 Å². The summed E-state index contributed by atoms with van der Waals surface area (Å²) in [4.78, 5) is 0. The molecule has 1 fully saturated rings. The minimum Gasteiger partial charge on any atom is -0.380 e. The fraction of sp³-hybridized carbons (Fsp3) is 0.538. The molecule has 0 atom stereocenters. The fourth-order valence-corrected chi connectivity index (χ4v) is 3.25. The van der Waals surface area contributed by atoms with Crippen molar-refractivity contribution < 1.29 is 9.47 Å². The molecule has 0 aromatic heterocycles. The number of halogens is 2. The molecule has 4 heteroatoms. The third-order valence-corrected chi connectivity index (χ3v) is 4.08. The van der Waals surface area contributed by atoms with Crippen molar-refractivity contribution in [3.8, 4) is 0 Å². The highest BCUT2D eigenvalue weighted by Gasteiger charge is 2.36. The van der Waals surface area contributed by atoms with Crippen LogP contribution in [-0.2, 0) is 16.1 Å². The predicted molar refractivity (Wildman–Crippen MR) is 75.0 cm³/mol. The third-order valence-electron chi connectivity index (χ3n) is 3.17. The Morgan fingerprint density at radius 2 is 1.88 bits per heavy atom. The number of ether oxygens (including phenoxy) is 2. The highest BCUT2D eigenvalue weighted by atomic mass is 79.9. The van der Waals surface area contributed by atoms with Crippen LogP contribution in [0.3, 0.4) is 0 Å². The number of benzene rings is 1. The first-order valence-electron chi connectivity index (χ1n) is 5.74. The first-order chi connectivity index (χ1) is 8.13. The Balaban J connectivity index is 1.85. The summed E-state index contributed by atoms with van der Waals surface area (Å²) in [5, 5.41) is 0. The van der Waals surface area contributed by atoms with Gasteiger partial charge in [0.2, 0.25) is 0 Å². The van der Waals surface area contributed by atoms with Crippen LogP contribution in [0, 0.1) is 5.41 Å². The maximum atomic E-state index is 5.81. The van der Waals surface area contributed by atoms with E-state index in [1.54, 1.807) is 0 Å². The summed E-state index contributed by atoms with van der Waals surface area (Å²) in [7, 11) is 0. The number of hydrogen-bond donors (Lipinski definition) is 0. The fourth-order valence-electron chi connectivity index (χ4n) is 1.86. The van der Waals surface area contributed by atoms with Crippen LogP contribution in [-0.4, -0.2) is 19.8 Å². The van der Waals surface area contributed by atoms with Crippen molar-refractivity contribution in [1.29, 1.82) is 0 Å². The minimum absolute atomic E-state index is 0.267. The van der Waals surface area contributed by atoms with Crippen molar-refractivity contribution in [2.75, 3.05) is 19.8 Å². The van der Waals surface area contributed by atoms with E-state index < -0.39 is 0 Å². The van der Waals surface area contributed by atoms with Gasteiger partial charge in [-0.25, -0.2) is 0 Å². The van der Waals surface area contributed by atoms with Gasteiger partial charge in [0, 0.05) is 14.4 Å². The van der Waals surface area contributed by atoms with Gasteiger partial charge in [0.1, 0.15) is 0 Å². The second kappa shape index (κ2) is 5.83. The zero-order valence-electron chi connectivity index (χ0n) is 9.84. The van der Waals surface area contributed by atoms with Crippen LogP contribution in [0.4, 0.5) is 0 Å². The van der Waals surface area contributed by atoms with Crippen molar-refractivity contribution in [3.05, 3.63) is 32.7 Å². The Labute approximate surface area is 119 Å². The van der Waals surface area contributed by atoms with Crippen LogP contribution in [0.1, 0.15) is 18.9 Å². The molecular formula is C13H16Br2O2. The van der Waals surface area contributed by atoms with Crippen molar-refractivity contribution in [2.24, 2.45) is 5.41 Å². The van der Waals surface area contributed by atoms with E-state index in [0.29, 0.717) is 6.61 Å². The van der Waals surface area contributed by atoms with Gasteiger partial charge in [-0.2, -0.15) is 0 Å². The lowest BCUT2D eigenvalue weighted by atomic mass is 9.84. The van der Waals surface area contributed by atoms with E-state index in [1.807, 2.05) is 6.07 Å². The lowest BCUT2D eigenvalue weighted by Crippen LogP contribution is -2.45. The summed E-state index contributed by atoms with van der Waals surface area (Å²) in [6.45, 7) is 5.31. The van der Waals surface area contributed by atoms with Crippen molar-refractivity contribution >= 4 is 31.9 Å². The minimum atomic E-state index is 0.267. The first kappa shape index (κ1) is 13.5. The van der Waals surface area contributed by atoms with Crippen molar-refractivity contribution in [1.82, 2.24) is 0 Å². The van der Waals surface area contributed by atoms with E-state index in [2.05, 4.69) is 50.9 Å². The molecule has 17 heavy (non-hydrogen) atoms. The molecule has 1 aromatic carbocycles. The molecule has 94 valence electrons. The number of rotatable bonds is 5. The average molecular weight is 364 g/mol. The highest BCUT2D eigenvalue weighted by Crippen LogP contribution is 2.31. The van der Waals surface area contributed by atoms with Crippen LogP contribution in [0.2, 0.25) is 0 Å². The van der Waals surface area contributed by atoms with E-state index in [4.69, 9.17) is 9.47 Å². The second-order valence-corrected chi connectivity index (χ2v) is 6.45. The van der Waals surface area contributed by atoms with Crippen LogP contribution < -0.4 is 0 Å². The smallest absolute Gasteiger partial charge is 0.0717 e. The van der Waals surface area contributed by atoms with Gasteiger partial charge in [-0.3, -0.25) is 0 Å². The third kappa shape index (κ3) is 3.53. The Morgan fingerprint density at radius 3 is 2.35 bits per heavy atom. The Bertz CT molecular complexity index is 363. The van der Waals surface area contributed by atoms with Gasteiger partial charge in [0.05, 0.1) is 26.4 Å². The van der Waals surface area contributed by atoms with E-state index >= 15 is 0 Å². The van der Waals surface area contributed by atoms with Gasteiger partial charge in [0.15, 0.2) is 0 Å². The summed E-state index contributed by atoms with van der Waals surface area (Å²) in [5.74, 6) is 0. The first-order valence-corrected chi connectivity index (χ1v) is 7.33. The zero-order valence-corrected chi connectivity index (χ0v) is 13.0. The molecule has 2 rings (SSSR count). The summed E-state index contributed by atoms with van der Waals surface area (Å²) in [5.41, 5.74) is 1.45. The van der Waals surface area contributed by atoms with Crippen LogP contribution >= 0.6 is 31.9 Å². The van der Waals surface area contributed by atoms with Crippen LogP contribution in [0.5, 0.6) is 0 Å². The summed E-state index contributed by atoms with van der Waals surface area (Å²) < 4.78 is 13.2. The molecule has 0 saturated carbocycles. The molecule has 2 nitrogen and oxygen atoms in total. The quantitative estimate of drug-likeness (QED) is 0.782. The monoisotopic (exact) mass is 362 g/mol. The van der Waals surface area contributed by atoms with Crippen LogP contribution in [0.25, 0.3) is 0 Å². The van der Waals surface area contributed by atoms with Gasteiger partial charge in [-0.15, -0.1) is 0 Å². The summed E-state index contributed by atoms with van der Waals surface area (Å²) in [6.07, 6.45) is 1.12. The Kier molecular flexibility index (Phi) is 4.64. The van der Waals surface area contributed by atoms with E-state index in [1.165, 1.54) is 5.56 Å². The highest BCUT2D eigenvalue weighted by molar-refractivity contribution is 9.11. The Morgan fingerprint density at radius 1 is 1.24 bits per heavy atom. The molecule has 0 N–H and O–H groups in total. The molecule has 1 aromatic rings. The largest absolute Gasteiger partial charge is 0.380 e. The van der Waals surface area contributed by atoms with E-state index in [0.717, 1.165) is 35.2 Å². The normalized spacial score (nSPS) is 17.8. The molecule has 0 aliphatic carbocycles. The van der Waals surface area contributed by atoms with Gasteiger partial charge >= 0.3 is 0 Å². The topological polar surface area (TPSA) is 18.5 Å². The maximum absolute atomic E-state index is 5.81. The molecule has 0 unspecified atom stereocenters. The Hall–Kier alpha value is 0.1000. The molecule has 1 aliphatic rings. The maximum Gasteiger partial charge on any atom is 0.0717 e. The lowest BCUT2D eigenvalue weighted by Gasteiger charge is -2.40. The molecule has 0 spiro atoms. The second-order valence-electron chi connectivity index (χ2n) is 4.62. The molecule has 0 radical (unpaired) electrons. The van der Waals surface area contributed by atoms with E-state index in [9.17, 15) is 0 Å². The molecule has 1 heterocycles. The molecule has 1 saturated heterocycles. The summed E-state index contributed by atoms with van der Waals surface area (Å²) in [6, 6.07) is 6.19. The standard InChI is InChI=1S/C13H16Br2O2/c1-2-13(8-17-9-13)7-16-6-10-3-11(14)5-12(15)4-10/h3-5H,2,6-9H2,1H3. The molecule has 0 bridgehead atoms. The summed E-state index contributed by atoms with van der Waals surface area (Å²) >= 11 is 6.95. The van der Waals surface area contributed by atoms with Gasteiger partial charge in [-0.1, -0.05) is 38.8 Å². The lowest BCUT2D eigenvalue weighted by molar-refractivity contribution is -0.152. The molecular weight excluding hydrogens is 348 g/mol.